The highest BCUT2D eigenvalue weighted by molar-refractivity contribution is 5.89. The van der Waals surface area contributed by atoms with Gasteiger partial charge < -0.3 is 21.7 Å². The second-order valence-corrected chi connectivity index (χ2v) is 4.28. The molecule has 110 valence electrons. The van der Waals surface area contributed by atoms with Gasteiger partial charge in [-0.3, -0.25) is 9.59 Å². The summed E-state index contributed by atoms with van der Waals surface area (Å²) >= 11 is 0. The second-order valence-electron chi connectivity index (χ2n) is 4.28. The number of hydrogen-bond acceptors (Lipinski definition) is 5. The number of carbonyl (C=O) groups is 2. The first-order valence-electron chi connectivity index (χ1n) is 6.56. The van der Waals surface area contributed by atoms with Crippen molar-refractivity contribution in [1.29, 1.82) is 0 Å². The van der Waals surface area contributed by atoms with Crippen LogP contribution in [0.4, 0.5) is 11.5 Å². The summed E-state index contributed by atoms with van der Waals surface area (Å²) < 4.78 is 0. The number of nitrogens with one attached hydrogen (secondary N) is 3. The second kappa shape index (κ2) is 8.87. The minimum absolute atomic E-state index is 0.0551. The monoisotopic (exact) mass is 279 g/mol. The SMILES string of the molecule is CC(=O)NCCNc1ccc(NC(=O)CCCN)nc1. The molecule has 7 heteroatoms. The largest absolute Gasteiger partial charge is 0.382 e. The molecule has 5 N–H and O–H groups in total. The molecule has 0 fully saturated rings. The Bertz CT molecular complexity index is 433. The number of nitrogens with zero attached hydrogens (tertiary/aromatic N) is 1. The zero-order valence-corrected chi connectivity index (χ0v) is 11.6. The van der Waals surface area contributed by atoms with Crippen molar-refractivity contribution in [2.24, 2.45) is 5.73 Å². The lowest BCUT2D eigenvalue weighted by atomic mass is 10.3. The van der Waals surface area contributed by atoms with E-state index in [2.05, 4.69) is 20.9 Å². The predicted octanol–water partition coefficient (Wildman–Crippen LogP) is 0.307. The number of rotatable bonds is 8. The van der Waals surface area contributed by atoms with Gasteiger partial charge >= 0.3 is 0 Å². The minimum Gasteiger partial charge on any atom is -0.382 e. The van der Waals surface area contributed by atoms with Crippen LogP contribution in [0.25, 0.3) is 0 Å². The fraction of sp³-hybridized carbons (Fsp3) is 0.462. The van der Waals surface area contributed by atoms with Crippen LogP contribution in [-0.2, 0) is 9.59 Å². The van der Waals surface area contributed by atoms with Crippen molar-refractivity contribution >= 4 is 23.3 Å². The predicted molar refractivity (Wildman–Crippen MR) is 78.3 cm³/mol. The minimum atomic E-state index is -0.0886. The van der Waals surface area contributed by atoms with Gasteiger partial charge in [0.05, 0.1) is 11.9 Å². The fourth-order valence-corrected chi connectivity index (χ4v) is 1.49. The first-order chi connectivity index (χ1) is 9.61. The Hall–Kier alpha value is -2.15. The van der Waals surface area contributed by atoms with Gasteiger partial charge in [0.1, 0.15) is 5.82 Å². The summed E-state index contributed by atoms with van der Waals surface area (Å²) in [5.74, 6) is 0.370. The summed E-state index contributed by atoms with van der Waals surface area (Å²) in [6, 6.07) is 3.54. The Labute approximate surface area is 118 Å². The number of carbonyl (C=O) groups excluding carboxylic acids is 2. The van der Waals surface area contributed by atoms with Crippen LogP contribution in [0.2, 0.25) is 0 Å². The molecule has 0 aliphatic carbocycles. The highest BCUT2D eigenvalue weighted by atomic mass is 16.2. The van der Waals surface area contributed by atoms with Crippen molar-refractivity contribution in [2.45, 2.75) is 19.8 Å². The van der Waals surface area contributed by atoms with Gasteiger partial charge in [0.15, 0.2) is 0 Å². The van der Waals surface area contributed by atoms with Gasteiger partial charge in [-0.25, -0.2) is 4.98 Å². The van der Waals surface area contributed by atoms with E-state index in [-0.39, 0.29) is 11.8 Å². The molecule has 1 rings (SSSR count). The summed E-state index contributed by atoms with van der Waals surface area (Å²) in [6.45, 7) is 3.14. The molecular formula is C13H21N5O2. The summed E-state index contributed by atoms with van der Waals surface area (Å²) in [4.78, 5) is 26.3. The molecule has 0 aliphatic heterocycles. The molecule has 0 spiro atoms. The van der Waals surface area contributed by atoms with E-state index in [4.69, 9.17) is 5.73 Å². The normalized spacial score (nSPS) is 9.90. The van der Waals surface area contributed by atoms with Gasteiger partial charge in [-0.1, -0.05) is 0 Å². The lowest BCUT2D eigenvalue weighted by molar-refractivity contribution is -0.119. The van der Waals surface area contributed by atoms with Gasteiger partial charge in [0.25, 0.3) is 0 Å². The van der Waals surface area contributed by atoms with Gasteiger partial charge in [-0.2, -0.15) is 0 Å². The zero-order valence-electron chi connectivity index (χ0n) is 11.6. The molecule has 2 amide bonds. The Morgan fingerprint density at radius 2 is 2.10 bits per heavy atom. The third kappa shape index (κ3) is 6.69. The van der Waals surface area contributed by atoms with Crippen molar-refractivity contribution in [1.82, 2.24) is 10.3 Å². The third-order valence-corrected chi connectivity index (χ3v) is 2.47. The molecule has 0 radical (unpaired) electrons. The van der Waals surface area contributed by atoms with Gasteiger partial charge in [-0.15, -0.1) is 0 Å². The molecule has 0 unspecified atom stereocenters. The average molecular weight is 279 g/mol. The highest BCUT2D eigenvalue weighted by Gasteiger charge is 2.02. The number of anilines is 2. The van der Waals surface area contributed by atoms with E-state index in [0.717, 1.165) is 5.69 Å². The Balaban J connectivity index is 2.32. The van der Waals surface area contributed by atoms with Gasteiger partial charge in [-0.05, 0) is 25.1 Å². The van der Waals surface area contributed by atoms with Crippen LogP contribution in [-0.4, -0.2) is 36.4 Å². The van der Waals surface area contributed by atoms with Crippen molar-refractivity contribution in [3.8, 4) is 0 Å². The quantitative estimate of drug-likeness (QED) is 0.512. The van der Waals surface area contributed by atoms with Crippen LogP contribution in [0.5, 0.6) is 0 Å². The van der Waals surface area contributed by atoms with Crippen LogP contribution in [0.1, 0.15) is 19.8 Å². The van der Waals surface area contributed by atoms with Crippen LogP contribution in [0.3, 0.4) is 0 Å². The molecule has 20 heavy (non-hydrogen) atoms. The molecule has 0 aliphatic rings. The van der Waals surface area contributed by atoms with E-state index >= 15 is 0 Å². The molecule has 0 aromatic carbocycles. The van der Waals surface area contributed by atoms with Crippen molar-refractivity contribution in [2.75, 3.05) is 30.3 Å². The van der Waals surface area contributed by atoms with E-state index in [0.29, 0.717) is 38.3 Å². The smallest absolute Gasteiger partial charge is 0.225 e. The Morgan fingerprint density at radius 3 is 2.70 bits per heavy atom. The standard InChI is InChI=1S/C13H21N5O2/c1-10(19)15-7-8-16-11-4-5-12(17-9-11)18-13(20)3-2-6-14/h4-5,9,16H,2-3,6-8,14H2,1H3,(H,15,19)(H,17,18,20). The summed E-state index contributed by atoms with van der Waals surface area (Å²) in [5.41, 5.74) is 6.17. The first kappa shape index (κ1) is 15.9. The van der Waals surface area contributed by atoms with Crippen LogP contribution in [0, 0.1) is 0 Å². The number of aromatic nitrogens is 1. The van der Waals surface area contributed by atoms with Crippen molar-refractivity contribution in [3.05, 3.63) is 18.3 Å². The molecule has 1 aromatic heterocycles. The molecule has 0 saturated carbocycles. The van der Waals surface area contributed by atoms with E-state index < -0.39 is 0 Å². The summed E-state index contributed by atoms with van der Waals surface area (Å²) in [5, 5.41) is 8.49. The van der Waals surface area contributed by atoms with E-state index in [9.17, 15) is 9.59 Å². The maximum Gasteiger partial charge on any atom is 0.225 e. The van der Waals surface area contributed by atoms with Gasteiger partial charge in [0.2, 0.25) is 11.8 Å². The average Bonchev–Trinajstić information content (AvgIpc) is 2.43. The van der Waals surface area contributed by atoms with Crippen molar-refractivity contribution in [3.63, 3.8) is 0 Å². The summed E-state index contributed by atoms with van der Waals surface area (Å²) in [6.07, 6.45) is 2.69. The van der Waals surface area contributed by atoms with E-state index in [1.54, 1.807) is 12.3 Å². The first-order valence-corrected chi connectivity index (χ1v) is 6.56. The molecule has 1 heterocycles. The molecule has 0 saturated heterocycles. The lowest BCUT2D eigenvalue weighted by Gasteiger charge is -2.08. The summed E-state index contributed by atoms with van der Waals surface area (Å²) in [7, 11) is 0. The van der Waals surface area contributed by atoms with Crippen LogP contribution < -0.4 is 21.7 Å². The molecule has 0 bridgehead atoms. The number of hydrogen-bond donors (Lipinski definition) is 4. The third-order valence-electron chi connectivity index (χ3n) is 2.47. The molecular weight excluding hydrogens is 258 g/mol. The van der Waals surface area contributed by atoms with Crippen LogP contribution in [0.15, 0.2) is 18.3 Å². The zero-order chi connectivity index (χ0) is 14.8. The number of pyridine rings is 1. The Kier molecular flexibility index (Phi) is 7.05. The Morgan fingerprint density at radius 1 is 1.30 bits per heavy atom. The molecule has 0 atom stereocenters. The van der Waals surface area contributed by atoms with Gasteiger partial charge in [0, 0.05) is 26.4 Å². The maximum absolute atomic E-state index is 11.5. The van der Waals surface area contributed by atoms with E-state index in [1.165, 1.54) is 6.92 Å². The number of amides is 2. The lowest BCUT2D eigenvalue weighted by Crippen LogP contribution is -2.26. The fourth-order valence-electron chi connectivity index (χ4n) is 1.49. The molecule has 7 nitrogen and oxygen atoms in total. The topological polar surface area (TPSA) is 109 Å². The molecule has 1 aromatic rings. The van der Waals surface area contributed by atoms with Crippen LogP contribution >= 0.6 is 0 Å². The van der Waals surface area contributed by atoms with Crippen molar-refractivity contribution < 1.29 is 9.59 Å². The highest BCUT2D eigenvalue weighted by Crippen LogP contribution is 2.09. The van der Waals surface area contributed by atoms with E-state index in [1.807, 2.05) is 6.07 Å². The number of nitrogens with two attached hydrogens (primary N) is 1. The maximum atomic E-state index is 11.5.